The monoisotopic (exact) mass is 276 g/mol. The third-order valence-corrected chi connectivity index (χ3v) is 2.78. The van der Waals surface area contributed by atoms with Crippen molar-refractivity contribution in [3.63, 3.8) is 0 Å². The standard InChI is InChI=1S/C14H13BrO/c15-13-6-4-5-12(11-13)9-10-16-14-7-2-1-3-8-14/h1-8,11H,9-10H2. The number of hydrogen-bond donors (Lipinski definition) is 0. The van der Waals surface area contributed by atoms with Gasteiger partial charge >= 0.3 is 0 Å². The normalized spacial score (nSPS) is 10.1. The van der Waals surface area contributed by atoms with Crippen molar-refractivity contribution in [1.82, 2.24) is 0 Å². The van der Waals surface area contributed by atoms with Crippen LogP contribution in [0.4, 0.5) is 0 Å². The van der Waals surface area contributed by atoms with Crippen molar-refractivity contribution in [2.24, 2.45) is 0 Å². The Bertz CT molecular complexity index is 439. The smallest absolute Gasteiger partial charge is 0.119 e. The average molecular weight is 277 g/mol. The summed E-state index contributed by atoms with van der Waals surface area (Å²) in [6.45, 7) is 0.709. The molecule has 82 valence electrons. The van der Waals surface area contributed by atoms with E-state index in [0.29, 0.717) is 6.61 Å². The minimum atomic E-state index is 0.709. The van der Waals surface area contributed by atoms with Crippen molar-refractivity contribution in [3.05, 3.63) is 64.6 Å². The molecule has 0 atom stereocenters. The molecular formula is C14H13BrO. The lowest BCUT2D eigenvalue weighted by Crippen LogP contribution is -2.00. The van der Waals surface area contributed by atoms with Gasteiger partial charge in [-0.25, -0.2) is 0 Å². The van der Waals surface area contributed by atoms with E-state index < -0.39 is 0 Å². The molecule has 0 amide bonds. The highest BCUT2D eigenvalue weighted by atomic mass is 79.9. The number of hydrogen-bond acceptors (Lipinski definition) is 1. The molecule has 0 fully saturated rings. The van der Waals surface area contributed by atoms with Gasteiger partial charge in [-0.1, -0.05) is 46.3 Å². The highest BCUT2D eigenvalue weighted by Gasteiger charge is 1.95. The van der Waals surface area contributed by atoms with Crippen LogP contribution in [-0.4, -0.2) is 6.61 Å². The van der Waals surface area contributed by atoms with Crippen LogP contribution in [0.25, 0.3) is 0 Å². The largest absolute Gasteiger partial charge is 0.493 e. The molecule has 0 heterocycles. The third kappa shape index (κ3) is 3.38. The van der Waals surface area contributed by atoms with Crippen LogP contribution < -0.4 is 4.74 Å². The third-order valence-electron chi connectivity index (χ3n) is 2.29. The summed E-state index contributed by atoms with van der Waals surface area (Å²) in [6.07, 6.45) is 0.925. The maximum absolute atomic E-state index is 5.63. The average Bonchev–Trinajstić information content (AvgIpc) is 2.30. The number of ether oxygens (including phenoxy) is 1. The Kier molecular flexibility index (Phi) is 4.00. The summed E-state index contributed by atoms with van der Waals surface area (Å²) < 4.78 is 6.75. The van der Waals surface area contributed by atoms with Crippen LogP contribution in [0.15, 0.2) is 59.1 Å². The topological polar surface area (TPSA) is 9.23 Å². The number of halogens is 1. The minimum Gasteiger partial charge on any atom is -0.493 e. The van der Waals surface area contributed by atoms with E-state index in [2.05, 4.69) is 28.1 Å². The second kappa shape index (κ2) is 5.71. The fraction of sp³-hybridized carbons (Fsp3) is 0.143. The lowest BCUT2D eigenvalue weighted by molar-refractivity contribution is 0.322. The van der Waals surface area contributed by atoms with E-state index in [0.717, 1.165) is 16.6 Å². The maximum atomic E-state index is 5.63. The molecule has 0 spiro atoms. The SMILES string of the molecule is Brc1cccc(CCOc2ccccc2)c1. The van der Waals surface area contributed by atoms with Gasteiger partial charge in [-0.3, -0.25) is 0 Å². The van der Waals surface area contributed by atoms with Gasteiger partial charge < -0.3 is 4.74 Å². The summed E-state index contributed by atoms with van der Waals surface area (Å²) in [6, 6.07) is 18.2. The zero-order valence-corrected chi connectivity index (χ0v) is 10.5. The molecule has 0 N–H and O–H groups in total. The zero-order valence-electron chi connectivity index (χ0n) is 8.90. The van der Waals surface area contributed by atoms with Gasteiger partial charge in [-0.05, 0) is 29.8 Å². The molecule has 0 bridgehead atoms. The van der Waals surface area contributed by atoms with Crippen LogP contribution >= 0.6 is 15.9 Å². The molecule has 16 heavy (non-hydrogen) atoms. The molecule has 2 aromatic rings. The molecule has 0 saturated heterocycles. The van der Waals surface area contributed by atoms with E-state index in [1.54, 1.807) is 0 Å². The minimum absolute atomic E-state index is 0.709. The van der Waals surface area contributed by atoms with Crippen molar-refractivity contribution in [1.29, 1.82) is 0 Å². The molecular weight excluding hydrogens is 264 g/mol. The van der Waals surface area contributed by atoms with Crippen LogP contribution in [0.1, 0.15) is 5.56 Å². The first-order valence-corrected chi connectivity index (χ1v) is 6.06. The predicted molar refractivity (Wildman–Crippen MR) is 69.8 cm³/mol. The molecule has 0 saturated carbocycles. The van der Waals surface area contributed by atoms with Crippen LogP contribution in [0.3, 0.4) is 0 Å². The molecule has 0 aliphatic heterocycles. The Balaban J connectivity index is 1.85. The van der Waals surface area contributed by atoms with Gasteiger partial charge in [0.2, 0.25) is 0 Å². The van der Waals surface area contributed by atoms with E-state index in [1.807, 2.05) is 42.5 Å². The summed E-state index contributed by atoms with van der Waals surface area (Å²) >= 11 is 3.46. The Morgan fingerprint density at radius 1 is 0.938 bits per heavy atom. The van der Waals surface area contributed by atoms with Gasteiger partial charge in [-0.2, -0.15) is 0 Å². The number of rotatable bonds is 4. The lowest BCUT2D eigenvalue weighted by Gasteiger charge is -2.06. The highest BCUT2D eigenvalue weighted by molar-refractivity contribution is 9.10. The number of para-hydroxylation sites is 1. The summed E-state index contributed by atoms with van der Waals surface area (Å²) in [5.41, 5.74) is 1.28. The fourth-order valence-electron chi connectivity index (χ4n) is 1.50. The van der Waals surface area contributed by atoms with Crippen molar-refractivity contribution in [3.8, 4) is 5.75 Å². The highest BCUT2D eigenvalue weighted by Crippen LogP contribution is 2.13. The predicted octanol–water partition coefficient (Wildman–Crippen LogP) is 4.07. The molecule has 2 rings (SSSR count). The van der Waals surface area contributed by atoms with Crippen LogP contribution in [-0.2, 0) is 6.42 Å². The molecule has 0 aromatic heterocycles. The lowest BCUT2D eigenvalue weighted by atomic mass is 10.2. The molecule has 0 aliphatic rings. The van der Waals surface area contributed by atoms with Crippen molar-refractivity contribution in [2.75, 3.05) is 6.61 Å². The first-order valence-electron chi connectivity index (χ1n) is 5.27. The van der Waals surface area contributed by atoms with E-state index in [-0.39, 0.29) is 0 Å². The van der Waals surface area contributed by atoms with Gasteiger partial charge in [0.15, 0.2) is 0 Å². The first-order chi connectivity index (χ1) is 7.84. The van der Waals surface area contributed by atoms with Crippen LogP contribution in [0.5, 0.6) is 5.75 Å². The van der Waals surface area contributed by atoms with E-state index in [4.69, 9.17) is 4.74 Å². The zero-order chi connectivity index (χ0) is 11.2. The van der Waals surface area contributed by atoms with Crippen LogP contribution in [0, 0.1) is 0 Å². The second-order valence-electron chi connectivity index (χ2n) is 3.54. The summed E-state index contributed by atoms with van der Waals surface area (Å²) in [7, 11) is 0. The molecule has 0 aliphatic carbocycles. The molecule has 2 aromatic carbocycles. The molecule has 1 nitrogen and oxygen atoms in total. The maximum Gasteiger partial charge on any atom is 0.119 e. The van der Waals surface area contributed by atoms with Crippen molar-refractivity contribution < 1.29 is 4.74 Å². The Morgan fingerprint density at radius 2 is 1.75 bits per heavy atom. The number of benzene rings is 2. The first kappa shape index (κ1) is 11.2. The van der Waals surface area contributed by atoms with E-state index >= 15 is 0 Å². The quantitative estimate of drug-likeness (QED) is 0.818. The van der Waals surface area contributed by atoms with Gasteiger partial charge in [0, 0.05) is 10.9 Å². The van der Waals surface area contributed by atoms with E-state index in [9.17, 15) is 0 Å². The van der Waals surface area contributed by atoms with Gasteiger partial charge in [0.05, 0.1) is 6.61 Å². The fourth-order valence-corrected chi connectivity index (χ4v) is 1.94. The summed E-state index contributed by atoms with van der Waals surface area (Å²) in [5.74, 6) is 0.928. The van der Waals surface area contributed by atoms with Gasteiger partial charge in [-0.15, -0.1) is 0 Å². The van der Waals surface area contributed by atoms with Gasteiger partial charge in [0.1, 0.15) is 5.75 Å². The van der Waals surface area contributed by atoms with Crippen molar-refractivity contribution >= 4 is 15.9 Å². The van der Waals surface area contributed by atoms with Crippen LogP contribution in [0.2, 0.25) is 0 Å². The summed E-state index contributed by atoms with van der Waals surface area (Å²) in [5, 5.41) is 0. The molecule has 2 heteroatoms. The van der Waals surface area contributed by atoms with E-state index in [1.165, 1.54) is 5.56 Å². The van der Waals surface area contributed by atoms with Crippen molar-refractivity contribution in [2.45, 2.75) is 6.42 Å². The molecule has 0 unspecified atom stereocenters. The Hall–Kier alpha value is -1.28. The Labute approximate surface area is 104 Å². The molecule has 0 radical (unpaired) electrons. The van der Waals surface area contributed by atoms with Gasteiger partial charge in [0.25, 0.3) is 0 Å². The Morgan fingerprint density at radius 3 is 2.50 bits per heavy atom. The summed E-state index contributed by atoms with van der Waals surface area (Å²) in [4.78, 5) is 0. The second-order valence-corrected chi connectivity index (χ2v) is 4.46.